The molecule has 0 saturated heterocycles. The van der Waals surface area contributed by atoms with Crippen molar-refractivity contribution in [2.75, 3.05) is 0 Å². The molecule has 0 radical (unpaired) electrons. The first-order valence-electron chi connectivity index (χ1n) is 8.37. The van der Waals surface area contributed by atoms with Gasteiger partial charge >= 0.3 is 5.97 Å². The van der Waals surface area contributed by atoms with Gasteiger partial charge in [-0.1, -0.05) is 12.1 Å². The molecule has 2 N–H and O–H groups in total. The van der Waals surface area contributed by atoms with Gasteiger partial charge in [-0.05, 0) is 57.7 Å². The third-order valence-electron chi connectivity index (χ3n) is 4.99. The van der Waals surface area contributed by atoms with Crippen LogP contribution < -0.4 is 4.72 Å². The van der Waals surface area contributed by atoms with Crippen LogP contribution in [0.15, 0.2) is 34.5 Å². The van der Waals surface area contributed by atoms with Crippen molar-refractivity contribution in [3.8, 4) is 0 Å². The topological polar surface area (TPSA) is 96.4 Å². The largest absolute Gasteiger partial charge is 0.481 e. The fraction of sp³-hybridized carbons (Fsp3) is 0.444. The van der Waals surface area contributed by atoms with Gasteiger partial charge in [0.15, 0.2) is 0 Å². The molecule has 0 aliphatic heterocycles. The van der Waals surface area contributed by atoms with Gasteiger partial charge in [-0.2, -0.15) is 4.72 Å². The number of carbonyl (C=O) groups is 1. The quantitative estimate of drug-likeness (QED) is 0.784. The zero-order chi connectivity index (χ0) is 19.2. The predicted octanol–water partition coefficient (Wildman–Crippen LogP) is 3.17. The lowest BCUT2D eigenvalue weighted by molar-refractivity contribution is -0.142. The van der Waals surface area contributed by atoms with Crippen LogP contribution in [0, 0.1) is 6.92 Å². The van der Waals surface area contributed by atoms with Gasteiger partial charge in [-0.15, -0.1) is 11.3 Å². The SMILES string of the molecule is Cc1csc(C2(NS(=O)(=O)c3ccc(C(C)(C)C(=O)O)cc3)CCC2)n1. The predicted molar refractivity (Wildman–Crippen MR) is 99.8 cm³/mol. The molecule has 0 atom stereocenters. The maximum atomic E-state index is 12.9. The minimum Gasteiger partial charge on any atom is -0.481 e. The Morgan fingerprint density at radius 3 is 2.31 bits per heavy atom. The standard InChI is InChI=1S/C18H22N2O4S2/c1-12-11-25-15(19-12)18(9-4-10-18)20-26(23,24)14-7-5-13(6-8-14)17(2,3)16(21)22/h5-8,11,20H,4,9-10H2,1-3H3,(H,21,22). The Morgan fingerprint density at radius 2 is 1.88 bits per heavy atom. The van der Waals surface area contributed by atoms with Gasteiger partial charge in [0.05, 0.1) is 15.8 Å². The van der Waals surface area contributed by atoms with Crippen LogP contribution in [0.5, 0.6) is 0 Å². The smallest absolute Gasteiger partial charge is 0.313 e. The minimum atomic E-state index is -3.73. The summed E-state index contributed by atoms with van der Waals surface area (Å²) in [6.07, 6.45) is 2.40. The summed E-state index contributed by atoms with van der Waals surface area (Å²) in [4.78, 5) is 16.0. The summed E-state index contributed by atoms with van der Waals surface area (Å²) in [5.74, 6) is -0.959. The molecule has 8 heteroatoms. The Balaban J connectivity index is 1.88. The second-order valence-electron chi connectivity index (χ2n) is 7.29. The molecule has 1 saturated carbocycles. The van der Waals surface area contributed by atoms with Gasteiger partial charge in [0.2, 0.25) is 10.0 Å². The van der Waals surface area contributed by atoms with Crippen LogP contribution in [0.1, 0.15) is 49.4 Å². The summed E-state index contributed by atoms with van der Waals surface area (Å²) in [6, 6.07) is 6.04. The van der Waals surface area contributed by atoms with Crippen molar-refractivity contribution in [3.05, 3.63) is 45.9 Å². The Bertz CT molecular complexity index is 926. The van der Waals surface area contributed by atoms with E-state index in [0.717, 1.165) is 30.0 Å². The first kappa shape index (κ1) is 19.0. The van der Waals surface area contributed by atoms with E-state index < -0.39 is 26.9 Å². The molecule has 26 heavy (non-hydrogen) atoms. The first-order valence-corrected chi connectivity index (χ1v) is 10.7. The minimum absolute atomic E-state index is 0.127. The van der Waals surface area contributed by atoms with Crippen molar-refractivity contribution in [3.63, 3.8) is 0 Å². The van der Waals surface area contributed by atoms with E-state index in [0.29, 0.717) is 5.56 Å². The number of nitrogens with zero attached hydrogens (tertiary/aromatic N) is 1. The van der Waals surface area contributed by atoms with E-state index in [1.165, 1.54) is 23.5 Å². The number of rotatable bonds is 6. The second kappa shape index (κ2) is 6.44. The lowest BCUT2D eigenvalue weighted by Gasteiger charge is -2.40. The number of carboxylic acid groups (broad SMARTS) is 1. The number of carboxylic acids is 1. The highest BCUT2D eigenvalue weighted by atomic mass is 32.2. The van der Waals surface area contributed by atoms with Crippen LogP contribution in [0.3, 0.4) is 0 Å². The number of hydrogen-bond acceptors (Lipinski definition) is 5. The van der Waals surface area contributed by atoms with Gasteiger partial charge in [-0.3, -0.25) is 4.79 Å². The van der Waals surface area contributed by atoms with E-state index in [9.17, 15) is 18.3 Å². The molecule has 3 rings (SSSR count). The Labute approximate surface area is 157 Å². The van der Waals surface area contributed by atoms with Gasteiger partial charge < -0.3 is 5.11 Å². The third-order valence-corrected chi connectivity index (χ3v) is 7.70. The zero-order valence-electron chi connectivity index (χ0n) is 14.9. The number of nitrogens with one attached hydrogen (secondary N) is 1. The van der Waals surface area contributed by atoms with E-state index in [1.807, 2.05) is 12.3 Å². The molecule has 1 aliphatic rings. The molecule has 0 bridgehead atoms. The van der Waals surface area contributed by atoms with Crippen LogP contribution >= 0.6 is 11.3 Å². The average Bonchev–Trinajstić information content (AvgIpc) is 2.97. The second-order valence-corrected chi connectivity index (χ2v) is 9.83. The lowest BCUT2D eigenvalue weighted by atomic mass is 9.78. The van der Waals surface area contributed by atoms with E-state index in [4.69, 9.17) is 0 Å². The molecule has 2 aromatic rings. The number of sulfonamides is 1. The van der Waals surface area contributed by atoms with E-state index in [1.54, 1.807) is 26.0 Å². The molecule has 1 fully saturated rings. The maximum absolute atomic E-state index is 12.9. The highest BCUT2D eigenvalue weighted by Crippen LogP contribution is 2.43. The van der Waals surface area contributed by atoms with Crippen LogP contribution in [0.4, 0.5) is 0 Å². The number of aryl methyl sites for hydroxylation is 1. The van der Waals surface area contributed by atoms with Crippen LogP contribution in [0.2, 0.25) is 0 Å². The van der Waals surface area contributed by atoms with E-state index in [2.05, 4.69) is 9.71 Å². The number of aliphatic carboxylic acids is 1. The highest BCUT2D eigenvalue weighted by Gasteiger charge is 2.44. The molecule has 1 aromatic heterocycles. The number of thiazole rings is 1. The third kappa shape index (κ3) is 3.28. The Kier molecular flexibility index (Phi) is 4.71. The summed E-state index contributed by atoms with van der Waals surface area (Å²) in [5.41, 5.74) is -0.270. The van der Waals surface area contributed by atoms with E-state index >= 15 is 0 Å². The zero-order valence-corrected chi connectivity index (χ0v) is 16.6. The normalized spacial score (nSPS) is 16.9. The van der Waals surface area contributed by atoms with Crippen molar-refractivity contribution in [2.45, 2.75) is 55.9 Å². The summed E-state index contributed by atoms with van der Waals surface area (Å²) < 4.78 is 28.6. The van der Waals surface area contributed by atoms with Gasteiger partial charge in [0.25, 0.3) is 0 Å². The van der Waals surface area contributed by atoms with Crippen LogP contribution in [-0.4, -0.2) is 24.5 Å². The van der Waals surface area contributed by atoms with Gasteiger partial charge in [0, 0.05) is 11.1 Å². The van der Waals surface area contributed by atoms with Crippen molar-refractivity contribution in [1.82, 2.24) is 9.71 Å². The number of benzene rings is 1. The molecule has 1 aliphatic carbocycles. The monoisotopic (exact) mass is 394 g/mol. The Morgan fingerprint density at radius 1 is 1.27 bits per heavy atom. The molecule has 1 heterocycles. The van der Waals surface area contributed by atoms with Crippen LogP contribution in [-0.2, 0) is 25.8 Å². The molecule has 0 unspecified atom stereocenters. The fourth-order valence-electron chi connectivity index (χ4n) is 2.95. The van der Waals surface area contributed by atoms with Gasteiger partial charge in [0.1, 0.15) is 5.01 Å². The molecule has 6 nitrogen and oxygen atoms in total. The summed E-state index contributed by atoms with van der Waals surface area (Å²) in [6.45, 7) is 5.07. The molecular formula is C18H22N2O4S2. The lowest BCUT2D eigenvalue weighted by Crippen LogP contribution is -2.50. The molecule has 1 aromatic carbocycles. The highest BCUT2D eigenvalue weighted by molar-refractivity contribution is 7.89. The molecular weight excluding hydrogens is 372 g/mol. The molecule has 0 spiro atoms. The van der Waals surface area contributed by atoms with Crippen molar-refractivity contribution < 1.29 is 18.3 Å². The Hall–Kier alpha value is -1.77. The fourth-order valence-corrected chi connectivity index (χ4v) is 5.46. The number of aromatic nitrogens is 1. The number of hydrogen-bond donors (Lipinski definition) is 2. The van der Waals surface area contributed by atoms with Crippen molar-refractivity contribution >= 4 is 27.3 Å². The summed E-state index contributed by atoms with van der Waals surface area (Å²) >= 11 is 1.47. The van der Waals surface area contributed by atoms with Gasteiger partial charge in [-0.25, -0.2) is 13.4 Å². The van der Waals surface area contributed by atoms with Crippen molar-refractivity contribution in [2.24, 2.45) is 0 Å². The first-order chi connectivity index (χ1) is 12.1. The average molecular weight is 395 g/mol. The van der Waals surface area contributed by atoms with E-state index in [-0.39, 0.29) is 4.90 Å². The maximum Gasteiger partial charge on any atom is 0.313 e. The summed E-state index contributed by atoms with van der Waals surface area (Å²) in [5, 5.41) is 12.0. The van der Waals surface area contributed by atoms with Crippen molar-refractivity contribution in [1.29, 1.82) is 0 Å². The van der Waals surface area contributed by atoms with Crippen LogP contribution in [0.25, 0.3) is 0 Å². The molecule has 0 amide bonds. The summed E-state index contributed by atoms with van der Waals surface area (Å²) in [7, 11) is -3.73. The molecule has 140 valence electrons.